The van der Waals surface area contributed by atoms with Crippen LogP contribution in [0.1, 0.15) is 64.3 Å². The minimum atomic E-state index is -5.33. The van der Waals surface area contributed by atoms with Crippen LogP contribution in [-0.4, -0.2) is 23.2 Å². The number of nitrogens with zero attached hydrogens (tertiary/aromatic N) is 3. The molecule has 1 fully saturated rings. The molecule has 0 bridgehead atoms. The van der Waals surface area contributed by atoms with Crippen LogP contribution in [0.2, 0.25) is 0 Å². The summed E-state index contributed by atoms with van der Waals surface area (Å²) in [5, 5.41) is 3.39. The van der Waals surface area contributed by atoms with E-state index in [-0.39, 0.29) is 27.0 Å². The lowest BCUT2D eigenvalue weighted by atomic mass is 9.62. The molecule has 1 aliphatic carbocycles. The van der Waals surface area contributed by atoms with E-state index in [4.69, 9.17) is 8.22 Å². The molecule has 294 valence electrons. The second-order valence-electron chi connectivity index (χ2n) is 16.8. The van der Waals surface area contributed by atoms with Crippen molar-refractivity contribution in [2.45, 2.75) is 50.5 Å². The molecule has 8 aromatic carbocycles. The van der Waals surface area contributed by atoms with E-state index in [9.17, 15) is 11.0 Å². The van der Waals surface area contributed by atoms with Gasteiger partial charge in [-0.3, -0.25) is 4.98 Å². The summed E-state index contributed by atoms with van der Waals surface area (Å²) in [6, 6.07) is 22.1. The van der Waals surface area contributed by atoms with E-state index in [1.807, 2.05) is 67.0 Å². The molecule has 0 amide bonds. The van der Waals surface area contributed by atoms with Crippen LogP contribution < -0.4 is 25.6 Å². The molecule has 4 heteroatoms. The van der Waals surface area contributed by atoms with Crippen LogP contribution in [0.25, 0.3) is 49.0 Å². The molecule has 1 saturated carbocycles. The number of pyridine rings is 1. The first-order chi connectivity index (χ1) is 35.8. The molecule has 0 spiro atoms. The first-order valence-corrected chi connectivity index (χ1v) is 22.8. The average molecular weight is 816 g/mol. The topological polar surface area (TPSA) is 21.1 Å². The van der Waals surface area contributed by atoms with E-state index in [1.165, 1.54) is 5.56 Å². The van der Waals surface area contributed by atoms with E-state index in [1.54, 1.807) is 34.9 Å². The second kappa shape index (κ2) is 13.6. The van der Waals surface area contributed by atoms with Crippen molar-refractivity contribution in [1.29, 1.82) is 0 Å². The van der Waals surface area contributed by atoms with Gasteiger partial charge in [-0.2, -0.15) is 0 Å². The van der Waals surface area contributed by atoms with Gasteiger partial charge >= 0.3 is 0 Å². The highest BCUT2D eigenvalue weighted by Gasteiger charge is 2.57. The quantitative estimate of drug-likeness (QED) is 0.123. The van der Waals surface area contributed by atoms with Gasteiger partial charge in [-0.15, -0.1) is 0 Å². The Labute approximate surface area is 378 Å². The van der Waals surface area contributed by atoms with Crippen LogP contribution in [0.4, 0.5) is 11.4 Å². The third-order valence-electron chi connectivity index (χ3n) is 13.9. The van der Waals surface area contributed by atoms with Crippen molar-refractivity contribution in [2.75, 3.05) is 4.90 Å². The van der Waals surface area contributed by atoms with Crippen LogP contribution in [0, 0.1) is 0 Å². The molecule has 2 unspecified atom stereocenters. The minimum Gasteiger partial charge on any atom is -0.334 e. The van der Waals surface area contributed by atoms with E-state index < -0.39 is 103 Å². The van der Waals surface area contributed by atoms with E-state index in [0.717, 1.165) is 64.0 Å². The first-order valence-electron chi connectivity index (χ1n) is 27.8. The zero-order chi connectivity index (χ0) is 52.9. The first kappa shape index (κ1) is 24.5. The fourth-order valence-electron chi connectivity index (χ4n) is 10.8. The predicted molar refractivity (Wildman–Crippen MR) is 260 cm³/mol. The summed E-state index contributed by atoms with van der Waals surface area (Å²) in [4.78, 5) is 7.02. The summed E-state index contributed by atoms with van der Waals surface area (Å²) < 4.78 is 135. The molecule has 2 aromatic heterocycles. The molecule has 2 aliphatic rings. The Bertz CT molecular complexity index is 4030. The van der Waals surface area contributed by atoms with Crippen molar-refractivity contribution in [3.05, 3.63) is 206 Å². The number of benzene rings is 8. The molecule has 3 heterocycles. The zero-order valence-corrected chi connectivity index (χ0v) is 34.6. The van der Waals surface area contributed by atoms with Gasteiger partial charge in [-0.05, 0) is 111 Å². The summed E-state index contributed by atoms with van der Waals surface area (Å²) in [6.45, 7) is 4.65. The standard InChI is InChI=1S/C57H47N3Si/c1-56-31-13-14-32-57(56,2)60(54-30-33-58-39-52(54)56)45-27-29-53-51(38-45)50-35-42-18-11-12-19-43(42)36-55(50)59(53)44-20-15-25-48(37-44)61(46-21-5-3-6-22-46,47-23-7-4-8-24-47)49-28-26-40-16-9-10-17-41(40)34-49/h3-12,15-30,33-39H,13-14,31-32H2,1-2H3/i3D,4D,5D,6D,7D,8D,15D,20D,21D,22D,23D,24D,25D,37D. The van der Waals surface area contributed by atoms with Gasteiger partial charge in [0.25, 0.3) is 0 Å². The maximum absolute atomic E-state index is 10.7. The smallest absolute Gasteiger partial charge is 0.179 e. The van der Waals surface area contributed by atoms with Gasteiger partial charge in [0.05, 0.1) is 35.8 Å². The Balaban J connectivity index is 1.26. The predicted octanol–water partition coefficient (Wildman–Crippen LogP) is 11.6. The van der Waals surface area contributed by atoms with Crippen molar-refractivity contribution in [2.24, 2.45) is 0 Å². The maximum atomic E-state index is 10.7. The third kappa shape index (κ3) is 5.18. The molecule has 2 atom stereocenters. The van der Waals surface area contributed by atoms with E-state index in [2.05, 4.69) is 41.9 Å². The Kier molecular flexibility index (Phi) is 5.47. The lowest BCUT2D eigenvalue weighted by Crippen LogP contribution is -2.74. The van der Waals surface area contributed by atoms with Gasteiger partial charge in [0.2, 0.25) is 0 Å². The highest BCUT2D eigenvalue weighted by molar-refractivity contribution is 7.20. The van der Waals surface area contributed by atoms with Crippen LogP contribution in [0.15, 0.2) is 200 Å². The van der Waals surface area contributed by atoms with Gasteiger partial charge in [-0.1, -0.05) is 159 Å². The fraction of sp³-hybridized carbons (Fsp3) is 0.140. The molecule has 10 aromatic rings. The van der Waals surface area contributed by atoms with Crippen molar-refractivity contribution in [1.82, 2.24) is 9.55 Å². The Morgan fingerprint density at radius 1 is 0.557 bits per heavy atom. The number of anilines is 2. The summed E-state index contributed by atoms with van der Waals surface area (Å²) in [6.07, 6.45) is 7.88. The Hall–Kier alpha value is -6.75. The van der Waals surface area contributed by atoms with Crippen LogP contribution in [0.3, 0.4) is 0 Å². The molecule has 12 rings (SSSR count). The third-order valence-corrected chi connectivity index (χ3v) is 18.1. The Morgan fingerprint density at radius 2 is 1.21 bits per heavy atom. The number of rotatable bonds is 6. The monoisotopic (exact) mass is 815 g/mol. The fourth-order valence-corrected chi connectivity index (χ4v) is 14.7. The highest BCUT2D eigenvalue weighted by atomic mass is 28.3. The Morgan fingerprint density at radius 3 is 1.97 bits per heavy atom. The van der Waals surface area contributed by atoms with E-state index in [0.29, 0.717) is 16.4 Å². The van der Waals surface area contributed by atoms with Gasteiger partial charge in [0.1, 0.15) is 0 Å². The molecule has 1 aliphatic heterocycles. The summed E-state index contributed by atoms with van der Waals surface area (Å²) >= 11 is 0. The number of fused-ring (bicyclic) bond motifs is 8. The molecular formula is C57H47N3Si. The molecular weight excluding hydrogens is 755 g/mol. The molecule has 0 radical (unpaired) electrons. The van der Waals surface area contributed by atoms with Gasteiger partial charge in [-0.25, -0.2) is 0 Å². The van der Waals surface area contributed by atoms with Gasteiger partial charge in [0, 0.05) is 51.2 Å². The molecule has 0 saturated heterocycles. The largest absolute Gasteiger partial charge is 0.334 e. The van der Waals surface area contributed by atoms with Crippen LogP contribution in [-0.2, 0) is 5.41 Å². The van der Waals surface area contributed by atoms with Crippen LogP contribution >= 0.6 is 0 Å². The summed E-state index contributed by atoms with van der Waals surface area (Å²) in [5.74, 6) is 0. The summed E-state index contributed by atoms with van der Waals surface area (Å²) in [7, 11) is -5.33. The van der Waals surface area contributed by atoms with Gasteiger partial charge in [0.15, 0.2) is 8.07 Å². The van der Waals surface area contributed by atoms with Crippen LogP contribution in [0.5, 0.6) is 0 Å². The summed E-state index contributed by atoms with van der Waals surface area (Å²) in [5.41, 5.74) is 3.57. The SMILES string of the molecule is [2H]c1c([2H])c([2H])c([Si](c2ccc3ccccc3c2)(c2c([2H])c([2H])c([2H])c([2H])c2[2H])c2c([2H])c([2H])c([2H])c(-n3c4ccc(N5c6ccncc6C6(C)CCCCC56C)cc4c4cc5ccccc5cc43)c2[2H])c([2H])c1[2H]. The number of hydrogen-bond acceptors (Lipinski definition) is 2. The number of hydrogen-bond donors (Lipinski definition) is 0. The molecule has 61 heavy (non-hydrogen) atoms. The van der Waals surface area contributed by atoms with Crippen molar-refractivity contribution in [3.8, 4) is 5.69 Å². The lowest BCUT2D eigenvalue weighted by molar-refractivity contribution is 0.194. The molecule has 0 N–H and O–H groups in total. The normalized spacial score (nSPS) is 22.0. The average Bonchev–Trinajstić information content (AvgIpc) is 3.83. The minimum absolute atomic E-state index is 0.130. The lowest BCUT2D eigenvalue weighted by Gasteiger charge is -2.50. The van der Waals surface area contributed by atoms with Crippen molar-refractivity contribution < 1.29 is 19.2 Å². The molecule has 3 nitrogen and oxygen atoms in total. The van der Waals surface area contributed by atoms with Gasteiger partial charge < -0.3 is 9.47 Å². The van der Waals surface area contributed by atoms with Crippen molar-refractivity contribution in [3.63, 3.8) is 0 Å². The second-order valence-corrected chi connectivity index (χ2v) is 20.4. The van der Waals surface area contributed by atoms with Crippen molar-refractivity contribution >= 4 is 83.5 Å². The zero-order valence-electron chi connectivity index (χ0n) is 47.6. The number of aromatic nitrogens is 2. The maximum Gasteiger partial charge on any atom is 0.179 e. The van der Waals surface area contributed by atoms with E-state index >= 15 is 0 Å². The highest BCUT2D eigenvalue weighted by Crippen LogP contribution is 2.60.